The van der Waals surface area contributed by atoms with E-state index in [0.717, 1.165) is 39.6 Å². The Balaban J connectivity index is 0.000000186. The second-order valence-electron chi connectivity index (χ2n) is 7.29. The SMILES string of the molecule is COc1ccc(CC(C)=O)cc1-c1ccnn1C.COc1ccccc1-c1ccnn1C. The van der Waals surface area contributed by atoms with Crippen molar-refractivity contribution in [2.24, 2.45) is 14.1 Å². The van der Waals surface area contributed by atoms with Gasteiger partial charge in [-0.25, -0.2) is 0 Å². The topological polar surface area (TPSA) is 71.2 Å². The van der Waals surface area contributed by atoms with Crippen LogP contribution >= 0.6 is 0 Å². The molecule has 7 nitrogen and oxygen atoms in total. The van der Waals surface area contributed by atoms with Crippen LogP contribution in [-0.4, -0.2) is 39.6 Å². The number of aryl methyl sites for hydroxylation is 2. The average Bonchev–Trinajstić information content (AvgIpc) is 3.41. The van der Waals surface area contributed by atoms with Crippen molar-refractivity contribution in [2.45, 2.75) is 13.3 Å². The molecule has 0 saturated carbocycles. The van der Waals surface area contributed by atoms with Gasteiger partial charge in [-0.2, -0.15) is 10.2 Å². The van der Waals surface area contributed by atoms with Crippen LogP contribution in [-0.2, 0) is 25.3 Å². The molecule has 2 heterocycles. The molecule has 0 spiro atoms. The summed E-state index contributed by atoms with van der Waals surface area (Å²) < 4.78 is 14.3. The molecule has 4 aromatic rings. The Bertz CT molecular complexity index is 1190. The molecular weight excluding hydrogens is 404 g/mol. The molecule has 0 aliphatic carbocycles. The van der Waals surface area contributed by atoms with Crippen molar-refractivity contribution in [2.75, 3.05) is 14.2 Å². The highest BCUT2D eigenvalue weighted by molar-refractivity contribution is 5.79. The van der Waals surface area contributed by atoms with Crippen LogP contribution in [0.25, 0.3) is 22.5 Å². The number of aromatic nitrogens is 4. The number of Topliss-reactive ketones (excluding diaryl/α,β-unsaturated/α-hetero) is 1. The van der Waals surface area contributed by atoms with E-state index in [1.165, 1.54) is 0 Å². The zero-order valence-electron chi connectivity index (χ0n) is 19.1. The highest BCUT2D eigenvalue weighted by Gasteiger charge is 2.11. The number of rotatable bonds is 6. The van der Waals surface area contributed by atoms with E-state index < -0.39 is 0 Å². The van der Waals surface area contributed by atoms with Crippen LogP contribution in [0.2, 0.25) is 0 Å². The Hall–Kier alpha value is -3.87. The van der Waals surface area contributed by atoms with Crippen LogP contribution in [0.15, 0.2) is 67.0 Å². The summed E-state index contributed by atoms with van der Waals surface area (Å²) in [7, 11) is 7.11. The highest BCUT2D eigenvalue weighted by atomic mass is 16.5. The van der Waals surface area contributed by atoms with Crippen molar-refractivity contribution in [1.29, 1.82) is 0 Å². The minimum Gasteiger partial charge on any atom is -0.496 e. The summed E-state index contributed by atoms with van der Waals surface area (Å²) in [5.74, 6) is 1.80. The van der Waals surface area contributed by atoms with Gasteiger partial charge in [-0.1, -0.05) is 18.2 Å². The Labute approximate surface area is 188 Å². The van der Waals surface area contributed by atoms with Crippen molar-refractivity contribution in [1.82, 2.24) is 19.6 Å². The summed E-state index contributed by atoms with van der Waals surface area (Å²) in [5.41, 5.74) is 5.03. The second kappa shape index (κ2) is 10.4. The van der Waals surface area contributed by atoms with Crippen LogP contribution in [0.4, 0.5) is 0 Å². The fourth-order valence-corrected chi connectivity index (χ4v) is 3.49. The van der Waals surface area contributed by atoms with Crippen molar-refractivity contribution in [3.63, 3.8) is 0 Å². The lowest BCUT2D eigenvalue weighted by Crippen LogP contribution is -2.00. The number of carbonyl (C=O) groups excluding carboxylic acids is 1. The van der Waals surface area contributed by atoms with Crippen molar-refractivity contribution >= 4 is 5.78 Å². The van der Waals surface area contributed by atoms with Gasteiger partial charge in [-0.15, -0.1) is 0 Å². The van der Waals surface area contributed by atoms with Gasteiger partial charge in [0.2, 0.25) is 0 Å². The Kier molecular flexibility index (Phi) is 7.44. The number of benzene rings is 2. The molecule has 4 rings (SSSR count). The quantitative estimate of drug-likeness (QED) is 0.454. The number of methoxy groups -OCH3 is 2. The van der Waals surface area contributed by atoms with Crippen molar-refractivity contribution in [3.8, 4) is 34.0 Å². The molecule has 0 aliphatic rings. The zero-order chi connectivity index (χ0) is 23.1. The molecule has 0 N–H and O–H groups in total. The maximum Gasteiger partial charge on any atom is 0.134 e. The van der Waals surface area contributed by atoms with Crippen LogP contribution in [0.5, 0.6) is 11.5 Å². The van der Waals surface area contributed by atoms with Gasteiger partial charge in [0.25, 0.3) is 0 Å². The first-order valence-corrected chi connectivity index (χ1v) is 10.2. The number of hydrogen-bond donors (Lipinski definition) is 0. The van der Waals surface area contributed by atoms with Crippen LogP contribution < -0.4 is 9.47 Å². The smallest absolute Gasteiger partial charge is 0.134 e. The van der Waals surface area contributed by atoms with E-state index in [1.54, 1.807) is 38.2 Å². The summed E-state index contributed by atoms with van der Waals surface area (Å²) in [6.07, 6.45) is 3.96. The normalized spacial score (nSPS) is 10.3. The summed E-state index contributed by atoms with van der Waals surface area (Å²) in [6, 6.07) is 17.6. The third-order valence-corrected chi connectivity index (χ3v) is 5.02. The predicted octanol–water partition coefficient (Wildman–Crippen LogP) is 4.32. The van der Waals surface area contributed by atoms with Gasteiger partial charge in [0.1, 0.15) is 17.3 Å². The van der Waals surface area contributed by atoms with Crippen LogP contribution in [0, 0.1) is 0 Å². The lowest BCUT2D eigenvalue weighted by Gasteiger charge is -2.10. The fraction of sp³-hybridized carbons (Fsp3) is 0.240. The largest absolute Gasteiger partial charge is 0.496 e. The average molecular weight is 433 g/mol. The second-order valence-corrected chi connectivity index (χ2v) is 7.29. The van der Waals surface area contributed by atoms with E-state index in [2.05, 4.69) is 10.2 Å². The lowest BCUT2D eigenvalue weighted by atomic mass is 10.0. The van der Waals surface area contributed by atoms with Gasteiger partial charge in [-0.3, -0.25) is 14.2 Å². The first-order chi connectivity index (χ1) is 15.4. The van der Waals surface area contributed by atoms with Crippen LogP contribution in [0.3, 0.4) is 0 Å². The van der Waals surface area contributed by atoms with Crippen molar-refractivity contribution in [3.05, 3.63) is 72.6 Å². The summed E-state index contributed by atoms with van der Waals surface area (Å²) in [5, 5.41) is 8.28. The van der Waals surface area contributed by atoms with Gasteiger partial charge in [0.15, 0.2) is 0 Å². The molecule has 0 unspecified atom stereocenters. The summed E-state index contributed by atoms with van der Waals surface area (Å²) in [6.45, 7) is 1.59. The monoisotopic (exact) mass is 432 g/mol. The number of ketones is 1. The van der Waals surface area contributed by atoms with E-state index in [4.69, 9.17) is 9.47 Å². The molecule has 32 heavy (non-hydrogen) atoms. The molecule has 2 aromatic carbocycles. The van der Waals surface area contributed by atoms with Gasteiger partial charge in [0.05, 0.1) is 25.6 Å². The molecule has 2 aromatic heterocycles. The molecule has 7 heteroatoms. The number of nitrogens with zero attached hydrogens (tertiary/aromatic N) is 4. The Morgan fingerprint density at radius 3 is 1.91 bits per heavy atom. The zero-order valence-corrected chi connectivity index (χ0v) is 19.1. The van der Waals surface area contributed by atoms with Crippen molar-refractivity contribution < 1.29 is 14.3 Å². The van der Waals surface area contributed by atoms with Gasteiger partial charge in [-0.05, 0) is 48.9 Å². The summed E-state index contributed by atoms with van der Waals surface area (Å²) >= 11 is 0. The van der Waals surface area contributed by atoms with E-state index in [0.29, 0.717) is 6.42 Å². The summed E-state index contributed by atoms with van der Waals surface area (Å²) in [4.78, 5) is 11.2. The number of hydrogen-bond acceptors (Lipinski definition) is 5. The lowest BCUT2D eigenvalue weighted by molar-refractivity contribution is -0.116. The first-order valence-electron chi connectivity index (χ1n) is 10.2. The van der Waals surface area contributed by atoms with Crippen LogP contribution in [0.1, 0.15) is 12.5 Å². The van der Waals surface area contributed by atoms with E-state index in [9.17, 15) is 4.79 Å². The maximum absolute atomic E-state index is 11.2. The third-order valence-electron chi connectivity index (χ3n) is 5.02. The van der Waals surface area contributed by atoms with E-state index in [1.807, 2.05) is 73.4 Å². The molecule has 0 amide bonds. The minimum absolute atomic E-state index is 0.149. The number of para-hydroxylation sites is 1. The molecule has 166 valence electrons. The highest BCUT2D eigenvalue weighted by Crippen LogP contribution is 2.31. The molecular formula is C25H28N4O3. The third kappa shape index (κ3) is 5.24. The predicted molar refractivity (Wildman–Crippen MR) is 125 cm³/mol. The van der Waals surface area contributed by atoms with Gasteiger partial charge < -0.3 is 9.47 Å². The number of carbonyl (C=O) groups is 1. The molecule has 0 saturated heterocycles. The number of ether oxygens (including phenoxy) is 2. The molecule has 0 bridgehead atoms. The molecule has 0 fully saturated rings. The molecule has 0 radical (unpaired) electrons. The Morgan fingerprint density at radius 2 is 1.38 bits per heavy atom. The Morgan fingerprint density at radius 1 is 0.812 bits per heavy atom. The first kappa shape index (κ1) is 22.8. The standard InChI is InChI=1S/C14H16N2O2.C11H12N2O/c1-10(17)8-11-4-5-14(18-3)12(9-11)13-6-7-15-16(13)2;1-13-10(7-8-12-13)9-5-3-4-6-11(9)14-2/h4-7,9H,8H2,1-3H3;3-8H,1-2H3. The van der Waals surface area contributed by atoms with E-state index >= 15 is 0 Å². The molecule has 0 atom stereocenters. The fourth-order valence-electron chi connectivity index (χ4n) is 3.49. The molecule has 0 aliphatic heterocycles. The maximum atomic E-state index is 11.2. The van der Waals surface area contributed by atoms with Gasteiger partial charge >= 0.3 is 0 Å². The minimum atomic E-state index is 0.149. The van der Waals surface area contributed by atoms with E-state index in [-0.39, 0.29) is 5.78 Å². The van der Waals surface area contributed by atoms with Gasteiger partial charge in [0, 0.05) is 44.0 Å².